The van der Waals surface area contributed by atoms with Gasteiger partial charge >= 0.3 is 5.97 Å². The quantitative estimate of drug-likeness (QED) is 0.641. The van der Waals surface area contributed by atoms with Gasteiger partial charge in [0.25, 0.3) is 5.91 Å². The van der Waals surface area contributed by atoms with Gasteiger partial charge in [-0.1, -0.05) is 34.1 Å². The van der Waals surface area contributed by atoms with E-state index < -0.39 is 12.0 Å². The third-order valence-electron chi connectivity index (χ3n) is 3.86. The number of aryl methyl sites for hydroxylation is 1. The van der Waals surface area contributed by atoms with Crippen LogP contribution in [0.4, 0.5) is 0 Å². The Balaban J connectivity index is 2.06. The Labute approximate surface area is 166 Å². The number of halogens is 1. The average Bonchev–Trinajstić information content (AvgIpc) is 2.66. The second-order valence-electron chi connectivity index (χ2n) is 5.90. The molecule has 0 aliphatic carbocycles. The van der Waals surface area contributed by atoms with Crippen molar-refractivity contribution in [1.29, 1.82) is 0 Å². The van der Waals surface area contributed by atoms with Gasteiger partial charge in [-0.05, 0) is 42.3 Å². The van der Waals surface area contributed by atoms with Gasteiger partial charge in [0.15, 0.2) is 18.1 Å². The van der Waals surface area contributed by atoms with Crippen molar-refractivity contribution in [2.45, 2.75) is 19.4 Å². The molecule has 144 valence electrons. The molecule has 0 aromatic heterocycles. The molecule has 0 saturated heterocycles. The maximum Gasteiger partial charge on any atom is 0.307 e. The normalized spacial score (nSPS) is 11.4. The molecule has 1 atom stereocenters. The summed E-state index contributed by atoms with van der Waals surface area (Å²) < 4.78 is 16.4. The summed E-state index contributed by atoms with van der Waals surface area (Å²) in [5.74, 6) is 0.263. The maximum absolute atomic E-state index is 12.4. The summed E-state index contributed by atoms with van der Waals surface area (Å²) in [6.45, 7) is 1.74. The van der Waals surface area contributed by atoms with Gasteiger partial charge in [0.05, 0.1) is 26.7 Å². The van der Waals surface area contributed by atoms with Gasteiger partial charge in [-0.3, -0.25) is 9.59 Å². The van der Waals surface area contributed by atoms with Gasteiger partial charge in [0.1, 0.15) is 0 Å². The first-order chi connectivity index (χ1) is 12.9. The van der Waals surface area contributed by atoms with Crippen molar-refractivity contribution < 1.29 is 23.8 Å². The molecule has 7 heteroatoms. The Morgan fingerprint density at radius 1 is 1.11 bits per heavy atom. The van der Waals surface area contributed by atoms with E-state index in [0.29, 0.717) is 11.5 Å². The number of ether oxygens (including phenoxy) is 3. The van der Waals surface area contributed by atoms with E-state index in [1.807, 2.05) is 43.3 Å². The SMILES string of the molecule is COC(=O)CC(NC(=O)COc1ccc(C)cc1OC)c1cccc(Br)c1. The number of hydrogen-bond acceptors (Lipinski definition) is 5. The third-order valence-corrected chi connectivity index (χ3v) is 4.36. The van der Waals surface area contributed by atoms with Crippen LogP contribution in [0.25, 0.3) is 0 Å². The molecular formula is C20H22BrNO5. The summed E-state index contributed by atoms with van der Waals surface area (Å²) in [4.78, 5) is 24.1. The zero-order valence-electron chi connectivity index (χ0n) is 15.5. The van der Waals surface area contributed by atoms with E-state index in [9.17, 15) is 9.59 Å². The molecule has 0 spiro atoms. The predicted octanol–water partition coefficient (Wildman–Crippen LogP) is 3.57. The first-order valence-corrected chi connectivity index (χ1v) is 9.11. The molecule has 0 fully saturated rings. The smallest absolute Gasteiger partial charge is 0.307 e. The monoisotopic (exact) mass is 435 g/mol. The largest absolute Gasteiger partial charge is 0.493 e. The second kappa shape index (κ2) is 9.97. The molecule has 2 aromatic carbocycles. The van der Waals surface area contributed by atoms with Crippen molar-refractivity contribution in [1.82, 2.24) is 5.32 Å². The minimum Gasteiger partial charge on any atom is -0.493 e. The fraction of sp³-hybridized carbons (Fsp3) is 0.300. The summed E-state index contributed by atoms with van der Waals surface area (Å²) in [7, 11) is 2.86. The van der Waals surface area contributed by atoms with E-state index in [-0.39, 0.29) is 18.9 Å². The topological polar surface area (TPSA) is 73.9 Å². The van der Waals surface area contributed by atoms with Crippen LogP contribution in [0.3, 0.4) is 0 Å². The number of methoxy groups -OCH3 is 2. The van der Waals surface area contributed by atoms with Crippen LogP contribution in [0.1, 0.15) is 23.6 Å². The molecule has 2 rings (SSSR count). The Hall–Kier alpha value is -2.54. The van der Waals surface area contributed by atoms with E-state index in [0.717, 1.165) is 15.6 Å². The van der Waals surface area contributed by atoms with E-state index in [2.05, 4.69) is 21.2 Å². The van der Waals surface area contributed by atoms with Gasteiger partial charge < -0.3 is 19.5 Å². The van der Waals surface area contributed by atoms with Gasteiger partial charge in [0, 0.05) is 4.47 Å². The minimum absolute atomic E-state index is 0.0204. The van der Waals surface area contributed by atoms with E-state index in [1.54, 1.807) is 13.2 Å². The highest BCUT2D eigenvalue weighted by Crippen LogP contribution is 2.28. The minimum atomic E-state index is -0.522. The van der Waals surface area contributed by atoms with Crippen LogP contribution in [0.5, 0.6) is 11.5 Å². The van der Waals surface area contributed by atoms with Crippen molar-refractivity contribution in [2.75, 3.05) is 20.8 Å². The van der Waals surface area contributed by atoms with E-state index in [4.69, 9.17) is 14.2 Å². The predicted molar refractivity (Wildman–Crippen MR) is 105 cm³/mol. The molecule has 1 N–H and O–H groups in total. The fourth-order valence-electron chi connectivity index (χ4n) is 2.50. The number of benzene rings is 2. The lowest BCUT2D eigenvalue weighted by Crippen LogP contribution is -2.34. The van der Waals surface area contributed by atoms with Crippen molar-refractivity contribution in [2.24, 2.45) is 0 Å². The molecule has 0 radical (unpaired) electrons. The summed E-state index contributed by atoms with van der Waals surface area (Å²) in [6.07, 6.45) is 0.0204. The summed E-state index contributed by atoms with van der Waals surface area (Å²) in [5.41, 5.74) is 1.81. The lowest BCUT2D eigenvalue weighted by Gasteiger charge is -2.19. The molecule has 1 unspecified atom stereocenters. The summed E-state index contributed by atoms with van der Waals surface area (Å²) >= 11 is 3.40. The number of nitrogens with one attached hydrogen (secondary N) is 1. The first kappa shape index (κ1) is 20.8. The van der Waals surface area contributed by atoms with E-state index in [1.165, 1.54) is 7.11 Å². The maximum atomic E-state index is 12.4. The standard InChI is InChI=1S/C20H22BrNO5/c1-13-7-8-17(18(9-13)25-2)27-12-19(23)22-16(11-20(24)26-3)14-5-4-6-15(21)10-14/h4-10,16H,11-12H2,1-3H3,(H,22,23). The van der Waals surface area contributed by atoms with Crippen LogP contribution in [0.2, 0.25) is 0 Å². The number of rotatable bonds is 8. The number of hydrogen-bond donors (Lipinski definition) is 1. The summed E-state index contributed by atoms with van der Waals surface area (Å²) in [6, 6.07) is 12.3. The molecule has 2 aromatic rings. The number of carbonyl (C=O) groups is 2. The highest BCUT2D eigenvalue weighted by molar-refractivity contribution is 9.10. The van der Waals surface area contributed by atoms with Crippen LogP contribution >= 0.6 is 15.9 Å². The number of carbonyl (C=O) groups excluding carboxylic acids is 2. The van der Waals surface area contributed by atoms with Crippen LogP contribution in [-0.2, 0) is 14.3 Å². The fourth-order valence-corrected chi connectivity index (χ4v) is 2.92. The van der Waals surface area contributed by atoms with Crippen LogP contribution in [0.15, 0.2) is 46.9 Å². The molecule has 27 heavy (non-hydrogen) atoms. The Kier molecular flexibility index (Phi) is 7.67. The molecular weight excluding hydrogens is 414 g/mol. The second-order valence-corrected chi connectivity index (χ2v) is 6.81. The van der Waals surface area contributed by atoms with Gasteiger partial charge in [-0.15, -0.1) is 0 Å². The summed E-state index contributed by atoms with van der Waals surface area (Å²) in [5, 5.41) is 2.82. The first-order valence-electron chi connectivity index (χ1n) is 8.32. The van der Waals surface area contributed by atoms with Crippen molar-refractivity contribution in [3.05, 3.63) is 58.1 Å². The number of amides is 1. The Morgan fingerprint density at radius 3 is 2.56 bits per heavy atom. The molecule has 1 amide bonds. The Bertz CT molecular complexity index is 809. The van der Waals surface area contributed by atoms with Crippen molar-refractivity contribution in [3.8, 4) is 11.5 Å². The lowest BCUT2D eigenvalue weighted by molar-refractivity contribution is -0.141. The van der Waals surface area contributed by atoms with Crippen LogP contribution in [0, 0.1) is 6.92 Å². The van der Waals surface area contributed by atoms with Crippen LogP contribution < -0.4 is 14.8 Å². The van der Waals surface area contributed by atoms with Gasteiger partial charge in [-0.2, -0.15) is 0 Å². The van der Waals surface area contributed by atoms with Crippen molar-refractivity contribution >= 4 is 27.8 Å². The molecule has 0 saturated carbocycles. The highest BCUT2D eigenvalue weighted by Gasteiger charge is 2.20. The molecule has 0 aliphatic rings. The van der Waals surface area contributed by atoms with Crippen LogP contribution in [-0.4, -0.2) is 32.7 Å². The van der Waals surface area contributed by atoms with Gasteiger partial charge in [-0.25, -0.2) is 0 Å². The van der Waals surface area contributed by atoms with Crippen molar-refractivity contribution in [3.63, 3.8) is 0 Å². The highest BCUT2D eigenvalue weighted by atomic mass is 79.9. The van der Waals surface area contributed by atoms with Gasteiger partial charge in [0.2, 0.25) is 0 Å². The lowest BCUT2D eigenvalue weighted by atomic mass is 10.0. The molecule has 6 nitrogen and oxygen atoms in total. The third kappa shape index (κ3) is 6.29. The molecule has 0 bridgehead atoms. The number of esters is 1. The zero-order chi connectivity index (χ0) is 19.8. The van der Waals surface area contributed by atoms with E-state index >= 15 is 0 Å². The average molecular weight is 436 g/mol. The molecule has 0 heterocycles. The zero-order valence-corrected chi connectivity index (χ0v) is 17.0. The molecule has 0 aliphatic heterocycles. The Morgan fingerprint density at radius 2 is 1.89 bits per heavy atom.